The van der Waals surface area contributed by atoms with Crippen molar-refractivity contribution in [2.24, 2.45) is 0 Å². The molecule has 0 aromatic heterocycles. The molecule has 1 atom stereocenters. The second-order valence-electron chi connectivity index (χ2n) is 9.00. The van der Waals surface area contributed by atoms with Crippen LogP contribution >= 0.6 is 0 Å². The quantitative estimate of drug-likeness (QED) is 0.274. The van der Waals surface area contributed by atoms with E-state index in [-0.39, 0.29) is 17.0 Å². The number of Topliss-reactive ketones (excluding diaryl/α,β-unsaturated/α-hetero) is 1. The lowest BCUT2D eigenvalue weighted by Gasteiger charge is -2.26. The molecule has 1 saturated heterocycles. The predicted molar refractivity (Wildman–Crippen MR) is 133 cm³/mol. The Morgan fingerprint density at radius 2 is 1.58 bits per heavy atom. The van der Waals surface area contributed by atoms with E-state index in [1.54, 1.807) is 42.5 Å². The number of nitrogens with zero attached hydrogens (tertiary/aromatic N) is 2. The third-order valence-corrected chi connectivity index (χ3v) is 6.40. The van der Waals surface area contributed by atoms with E-state index in [0.29, 0.717) is 11.1 Å². The van der Waals surface area contributed by atoms with E-state index in [1.807, 2.05) is 32.8 Å². The molecule has 0 radical (unpaired) electrons. The van der Waals surface area contributed by atoms with Gasteiger partial charge in [-0.2, -0.15) is 13.2 Å². The fourth-order valence-corrected chi connectivity index (χ4v) is 4.25. The fourth-order valence-electron chi connectivity index (χ4n) is 4.25. The number of aliphatic hydroxyl groups excluding tert-OH is 1. The summed E-state index contributed by atoms with van der Waals surface area (Å²) in [5.41, 5.74) is 2.30. The van der Waals surface area contributed by atoms with Crippen molar-refractivity contribution in [2.45, 2.75) is 26.1 Å². The highest BCUT2D eigenvalue weighted by Gasteiger charge is 2.47. The van der Waals surface area contributed by atoms with Crippen LogP contribution in [0, 0.1) is 13.8 Å². The third kappa shape index (κ3) is 4.46. The van der Waals surface area contributed by atoms with Gasteiger partial charge in [-0.15, -0.1) is 0 Å². The van der Waals surface area contributed by atoms with Gasteiger partial charge >= 0.3 is 6.18 Å². The molecule has 1 fully saturated rings. The van der Waals surface area contributed by atoms with Crippen LogP contribution in [-0.4, -0.2) is 30.9 Å². The van der Waals surface area contributed by atoms with E-state index in [1.165, 1.54) is 12.1 Å². The van der Waals surface area contributed by atoms with Crippen LogP contribution in [0.1, 0.15) is 33.9 Å². The average molecular weight is 495 g/mol. The third-order valence-electron chi connectivity index (χ3n) is 6.40. The molecule has 0 saturated carbocycles. The molecule has 36 heavy (non-hydrogen) atoms. The number of aliphatic hydroxyl groups is 1. The highest BCUT2D eigenvalue weighted by atomic mass is 19.4. The molecule has 1 aliphatic heterocycles. The maximum atomic E-state index is 13.4. The standard InChI is InChI=1S/C28H25F3N2O3/c1-16-8-9-19(14-17(16)2)25(34)23-24(18-10-12-21(13-11-18)32(3)4)33(27(36)26(23)35)22-7-5-6-20(15-22)28(29,30)31/h5-15,24,34H,1-4H3/b25-23+. The lowest BCUT2D eigenvalue weighted by Crippen LogP contribution is -2.29. The predicted octanol–water partition coefficient (Wildman–Crippen LogP) is 6.01. The van der Waals surface area contributed by atoms with Crippen LogP contribution < -0.4 is 9.80 Å². The van der Waals surface area contributed by atoms with Gasteiger partial charge in [0.25, 0.3) is 11.7 Å². The zero-order chi connectivity index (χ0) is 26.4. The topological polar surface area (TPSA) is 60.9 Å². The zero-order valence-corrected chi connectivity index (χ0v) is 20.2. The summed E-state index contributed by atoms with van der Waals surface area (Å²) >= 11 is 0. The average Bonchev–Trinajstić information content (AvgIpc) is 3.10. The van der Waals surface area contributed by atoms with Gasteiger partial charge < -0.3 is 10.0 Å². The molecule has 3 aromatic rings. The second kappa shape index (κ2) is 9.18. The van der Waals surface area contributed by atoms with Crippen molar-refractivity contribution >= 4 is 28.8 Å². The molecular formula is C28H25F3N2O3. The maximum absolute atomic E-state index is 13.4. The van der Waals surface area contributed by atoms with E-state index in [9.17, 15) is 27.9 Å². The first-order valence-electron chi connectivity index (χ1n) is 11.2. The Balaban J connectivity index is 1.95. The lowest BCUT2D eigenvalue weighted by atomic mass is 9.94. The van der Waals surface area contributed by atoms with Crippen LogP contribution in [0.15, 0.2) is 72.3 Å². The number of alkyl halides is 3. The molecule has 3 aromatic carbocycles. The first-order valence-corrected chi connectivity index (χ1v) is 11.2. The van der Waals surface area contributed by atoms with E-state index in [0.717, 1.165) is 33.8 Å². The number of benzene rings is 3. The number of anilines is 2. The summed E-state index contributed by atoms with van der Waals surface area (Å²) in [4.78, 5) is 29.4. The summed E-state index contributed by atoms with van der Waals surface area (Å²) in [6.45, 7) is 3.75. The molecule has 8 heteroatoms. The minimum absolute atomic E-state index is 0.0900. The van der Waals surface area contributed by atoms with Crippen LogP contribution in [0.25, 0.3) is 5.76 Å². The molecule has 0 aliphatic carbocycles. The summed E-state index contributed by atoms with van der Waals surface area (Å²) < 4.78 is 40.3. The maximum Gasteiger partial charge on any atom is 0.416 e. The van der Waals surface area contributed by atoms with Crippen molar-refractivity contribution < 1.29 is 27.9 Å². The number of amides is 1. The first kappa shape index (κ1) is 25.0. The SMILES string of the molecule is Cc1ccc(/C(O)=C2\C(=O)C(=O)N(c3cccc(C(F)(F)F)c3)C2c2ccc(N(C)C)cc2)cc1C. The van der Waals surface area contributed by atoms with Crippen molar-refractivity contribution in [3.05, 3.63) is 100 Å². The van der Waals surface area contributed by atoms with E-state index in [4.69, 9.17) is 0 Å². The summed E-state index contributed by atoms with van der Waals surface area (Å²) in [5.74, 6) is -2.36. The highest BCUT2D eigenvalue weighted by molar-refractivity contribution is 6.51. The second-order valence-corrected chi connectivity index (χ2v) is 9.00. The molecular weight excluding hydrogens is 469 g/mol. The van der Waals surface area contributed by atoms with Crippen LogP contribution in [0.3, 0.4) is 0 Å². The van der Waals surface area contributed by atoms with Gasteiger partial charge in [-0.3, -0.25) is 14.5 Å². The van der Waals surface area contributed by atoms with Gasteiger partial charge in [0.1, 0.15) is 5.76 Å². The smallest absolute Gasteiger partial charge is 0.416 e. The van der Waals surface area contributed by atoms with Crippen LogP contribution in [0.2, 0.25) is 0 Å². The number of aryl methyl sites for hydroxylation is 2. The zero-order valence-electron chi connectivity index (χ0n) is 20.2. The minimum atomic E-state index is -4.63. The molecule has 1 unspecified atom stereocenters. The normalized spacial score (nSPS) is 17.5. The largest absolute Gasteiger partial charge is 0.507 e. The number of hydrogen-bond acceptors (Lipinski definition) is 4. The Morgan fingerprint density at radius 3 is 2.17 bits per heavy atom. The Morgan fingerprint density at radius 1 is 0.917 bits per heavy atom. The van der Waals surface area contributed by atoms with E-state index < -0.39 is 29.5 Å². The summed E-state index contributed by atoms with van der Waals surface area (Å²) in [5, 5.41) is 11.2. The summed E-state index contributed by atoms with van der Waals surface area (Å²) in [6, 6.07) is 15.2. The minimum Gasteiger partial charge on any atom is -0.507 e. The van der Waals surface area contributed by atoms with Gasteiger partial charge in [-0.1, -0.05) is 30.3 Å². The molecule has 4 rings (SSSR count). The van der Waals surface area contributed by atoms with Gasteiger partial charge in [0.2, 0.25) is 0 Å². The van der Waals surface area contributed by atoms with Crippen molar-refractivity contribution in [1.82, 2.24) is 0 Å². The van der Waals surface area contributed by atoms with Crippen molar-refractivity contribution in [3.8, 4) is 0 Å². The molecule has 1 heterocycles. The fraction of sp³-hybridized carbons (Fsp3) is 0.214. The van der Waals surface area contributed by atoms with Crippen LogP contribution in [0.5, 0.6) is 0 Å². The Kier molecular flexibility index (Phi) is 6.39. The molecule has 0 bridgehead atoms. The van der Waals surface area contributed by atoms with Gasteiger partial charge in [-0.25, -0.2) is 0 Å². The lowest BCUT2D eigenvalue weighted by molar-refractivity contribution is -0.137. The number of rotatable bonds is 4. The van der Waals surface area contributed by atoms with Crippen LogP contribution in [0.4, 0.5) is 24.5 Å². The molecule has 1 amide bonds. The number of carbonyl (C=O) groups is 2. The van der Waals surface area contributed by atoms with Crippen molar-refractivity contribution in [2.75, 3.05) is 23.9 Å². The highest BCUT2D eigenvalue weighted by Crippen LogP contribution is 2.43. The molecule has 186 valence electrons. The Bertz CT molecular complexity index is 1380. The molecule has 1 aliphatic rings. The summed E-state index contributed by atoms with van der Waals surface area (Å²) in [6.07, 6.45) is -4.63. The number of ketones is 1. The first-order chi connectivity index (χ1) is 16.9. The van der Waals surface area contributed by atoms with Gasteiger partial charge in [-0.05, 0) is 66.9 Å². The van der Waals surface area contributed by atoms with Crippen molar-refractivity contribution in [1.29, 1.82) is 0 Å². The van der Waals surface area contributed by atoms with Gasteiger partial charge in [0, 0.05) is 31.0 Å². The monoisotopic (exact) mass is 494 g/mol. The number of carbonyl (C=O) groups excluding carboxylic acids is 2. The van der Waals surface area contributed by atoms with E-state index in [2.05, 4.69) is 0 Å². The Hall–Kier alpha value is -4.07. The van der Waals surface area contributed by atoms with Gasteiger partial charge in [0.05, 0.1) is 17.2 Å². The van der Waals surface area contributed by atoms with E-state index >= 15 is 0 Å². The molecule has 0 spiro atoms. The van der Waals surface area contributed by atoms with Crippen LogP contribution in [-0.2, 0) is 15.8 Å². The summed E-state index contributed by atoms with van der Waals surface area (Å²) in [7, 11) is 3.70. The molecule has 5 nitrogen and oxygen atoms in total. The molecule has 1 N–H and O–H groups in total. The Labute approximate surface area is 207 Å². The van der Waals surface area contributed by atoms with Gasteiger partial charge in [0.15, 0.2) is 0 Å². The number of hydrogen-bond donors (Lipinski definition) is 1. The number of halogens is 3. The van der Waals surface area contributed by atoms with Crippen molar-refractivity contribution in [3.63, 3.8) is 0 Å².